The van der Waals surface area contributed by atoms with Gasteiger partial charge in [-0.1, -0.05) is 0 Å². The van der Waals surface area contributed by atoms with Crippen molar-refractivity contribution >= 4 is 6.47 Å². The van der Waals surface area contributed by atoms with Gasteiger partial charge in [-0.3, -0.25) is 4.79 Å². The summed E-state index contributed by atoms with van der Waals surface area (Å²) in [5.41, 5.74) is 0. The molecule has 1 aliphatic heterocycles. The molecule has 0 spiro atoms. The van der Waals surface area contributed by atoms with E-state index in [2.05, 4.69) is 12.2 Å². The fraction of sp³-hybridized carbons (Fsp3) is 0.857. The van der Waals surface area contributed by atoms with Crippen molar-refractivity contribution in [1.82, 2.24) is 5.32 Å². The lowest BCUT2D eigenvalue weighted by molar-refractivity contribution is -0.134. The molecule has 0 amide bonds. The zero-order valence-electron chi connectivity index (χ0n) is 6.17. The van der Waals surface area contributed by atoms with Gasteiger partial charge in [0.1, 0.15) is 6.10 Å². The van der Waals surface area contributed by atoms with E-state index in [9.17, 15) is 4.79 Å². The highest BCUT2D eigenvalue weighted by Gasteiger charge is 2.18. The Hall–Kier alpha value is -0.570. The standard InChI is InChI=1S/C7H13NO2/c1-6-4-7(10-5-9)2-3-8-6/h5-8H,2-4H2,1H3. The molecule has 3 nitrogen and oxygen atoms in total. The highest BCUT2D eigenvalue weighted by Crippen LogP contribution is 2.10. The lowest BCUT2D eigenvalue weighted by Gasteiger charge is -2.26. The number of piperidine rings is 1. The minimum Gasteiger partial charge on any atom is -0.464 e. The minimum atomic E-state index is 0.147. The lowest BCUT2D eigenvalue weighted by atomic mass is 10.0. The molecular weight excluding hydrogens is 130 g/mol. The number of hydrogen-bond acceptors (Lipinski definition) is 3. The van der Waals surface area contributed by atoms with Gasteiger partial charge in [0, 0.05) is 6.04 Å². The molecule has 0 radical (unpaired) electrons. The number of carbonyl (C=O) groups is 1. The van der Waals surface area contributed by atoms with Crippen molar-refractivity contribution in [3.63, 3.8) is 0 Å². The van der Waals surface area contributed by atoms with Crippen LogP contribution in [0.3, 0.4) is 0 Å². The second-order valence-electron chi connectivity index (χ2n) is 2.73. The zero-order chi connectivity index (χ0) is 7.40. The number of hydrogen-bond donors (Lipinski definition) is 1. The van der Waals surface area contributed by atoms with Crippen molar-refractivity contribution in [2.75, 3.05) is 6.54 Å². The van der Waals surface area contributed by atoms with Crippen LogP contribution in [-0.4, -0.2) is 25.2 Å². The number of rotatable bonds is 2. The molecule has 0 bridgehead atoms. The lowest BCUT2D eigenvalue weighted by Crippen LogP contribution is -2.39. The van der Waals surface area contributed by atoms with Gasteiger partial charge >= 0.3 is 0 Å². The Kier molecular flexibility index (Phi) is 2.68. The molecule has 2 atom stereocenters. The van der Waals surface area contributed by atoms with Crippen LogP contribution in [0, 0.1) is 0 Å². The second-order valence-corrected chi connectivity index (χ2v) is 2.73. The van der Waals surface area contributed by atoms with E-state index in [1.165, 1.54) is 0 Å². The van der Waals surface area contributed by atoms with Gasteiger partial charge in [-0.05, 0) is 26.3 Å². The molecule has 1 N–H and O–H groups in total. The summed E-state index contributed by atoms with van der Waals surface area (Å²) in [6.07, 6.45) is 2.04. The van der Waals surface area contributed by atoms with Gasteiger partial charge in [-0.15, -0.1) is 0 Å². The average molecular weight is 143 g/mol. The molecule has 0 aliphatic carbocycles. The summed E-state index contributed by atoms with van der Waals surface area (Å²) in [7, 11) is 0. The van der Waals surface area contributed by atoms with E-state index in [-0.39, 0.29) is 6.10 Å². The van der Waals surface area contributed by atoms with E-state index in [4.69, 9.17) is 4.74 Å². The molecule has 2 unspecified atom stereocenters. The summed E-state index contributed by atoms with van der Waals surface area (Å²) in [5.74, 6) is 0. The van der Waals surface area contributed by atoms with Crippen LogP contribution in [-0.2, 0) is 9.53 Å². The molecule has 1 fully saturated rings. The predicted molar refractivity (Wildman–Crippen MR) is 37.6 cm³/mol. The Labute approximate surface area is 60.7 Å². The van der Waals surface area contributed by atoms with Crippen molar-refractivity contribution in [2.45, 2.75) is 31.9 Å². The first-order chi connectivity index (χ1) is 4.83. The maximum absolute atomic E-state index is 9.94. The topological polar surface area (TPSA) is 38.3 Å². The maximum atomic E-state index is 9.94. The fourth-order valence-electron chi connectivity index (χ4n) is 1.29. The molecule has 0 saturated carbocycles. The average Bonchev–Trinajstić information content (AvgIpc) is 1.88. The smallest absolute Gasteiger partial charge is 0.293 e. The van der Waals surface area contributed by atoms with Crippen LogP contribution < -0.4 is 5.32 Å². The Morgan fingerprint density at radius 1 is 1.70 bits per heavy atom. The van der Waals surface area contributed by atoms with Gasteiger partial charge < -0.3 is 10.1 Å². The number of carbonyl (C=O) groups excluding carboxylic acids is 1. The monoisotopic (exact) mass is 143 g/mol. The van der Waals surface area contributed by atoms with Gasteiger partial charge in [-0.25, -0.2) is 0 Å². The third-order valence-electron chi connectivity index (χ3n) is 1.82. The van der Waals surface area contributed by atoms with Crippen LogP contribution in [0.2, 0.25) is 0 Å². The first-order valence-corrected chi connectivity index (χ1v) is 3.65. The first kappa shape index (κ1) is 7.54. The Morgan fingerprint density at radius 3 is 3.10 bits per heavy atom. The van der Waals surface area contributed by atoms with Crippen LogP contribution in [0.4, 0.5) is 0 Å². The molecule has 10 heavy (non-hydrogen) atoms. The summed E-state index contributed by atoms with van der Waals surface area (Å²) in [6, 6.07) is 0.485. The first-order valence-electron chi connectivity index (χ1n) is 3.65. The van der Waals surface area contributed by atoms with E-state index in [1.807, 2.05) is 0 Å². The Morgan fingerprint density at radius 2 is 2.50 bits per heavy atom. The van der Waals surface area contributed by atoms with Crippen LogP contribution in [0.25, 0.3) is 0 Å². The summed E-state index contributed by atoms with van der Waals surface area (Å²) in [5, 5.41) is 3.27. The summed E-state index contributed by atoms with van der Waals surface area (Å²) < 4.78 is 4.83. The number of nitrogens with one attached hydrogen (secondary N) is 1. The molecule has 0 aromatic carbocycles. The second kappa shape index (κ2) is 3.56. The normalized spacial score (nSPS) is 33.3. The van der Waals surface area contributed by atoms with E-state index in [0.717, 1.165) is 19.4 Å². The van der Waals surface area contributed by atoms with Crippen molar-refractivity contribution in [3.05, 3.63) is 0 Å². The summed E-state index contributed by atoms with van der Waals surface area (Å²) in [6.45, 7) is 3.60. The largest absolute Gasteiger partial charge is 0.464 e. The molecule has 1 rings (SSSR count). The Balaban J connectivity index is 2.24. The SMILES string of the molecule is CC1CC(OC=O)CCN1. The third-order valence-corrected chi connectivity index (χ3v) is 1.82. The van der Waals surface area contributed by atoms with Crippen LogP contribution in [0.15, 0.2) is 0 Å². The van der Waals surface area contributed by atoms with Gasteiger partial charge in [0.25, 0.3) is 6.47 Å². The van der Waals surface area contributed by atoms with E-state index < -0.39 is 0 Å². The molecule has 1 heterocycles. The molecule has 0 aromatic heterocycles. The molecule has 58 valence electrons. The highest BCUT2D eigenvalue weighted by molar-refractivity contribution is 5.37. The summed E-state index contributed by atoms with van der Waals surface area (Å²) in [4.78, 5) is 9.94. The van der Waals surface area contributed by atoms with Crippen molar-refractivity contribution in [2.24, 2.45) is 0 Å². The van der Waals surface area contributed by atoms with Gasteiger partial charge in [0.15, 0.2) is 0 Å². The quantitative estimate of drug-likeness (QED) is 0.565. The molecular formula is C7H13NO2. The predicted octanol–water partition coefficient (Wildman–Crippen LogP) is 0.300. The van der Waals surface area contributed by atoms with Crippen LogP contribution >= 0.6 is 0 Å². The molecule has 0 aromatic rings. The van der Waals surface area contributed by atoms with Crippen LogP contribution in [0.5, 0.6) is 0 Å². The van der Waals surface area contributed by atoms with Crippen molar-refractivity contribution in [1.29, 1.82) is 0 Å². The van der Waals surface area contributed by atoms with Gasteiger partial charge in [0.05, 0.1) is 0 Å². The zero-order valence-corrected chi connectivity index (χ0v) is 6.17. The maximum Gasteiger partial charge on any atom is 0.293 e. The van der Waals surface area contributed by atoms with Gasteiger partial charge in [0.2, 0.25) is 0 Å². The minimum absolute atomic E-state index is 0.147. The summed E-state index contributed by atoms with van der Waals surface area (Å²) >= 11 is 0. The van der Waals surface area contributed by atoms with E-state index in [1.54, 1.807) is 0 Å². The molecule has 1 saturated heterocycles. The van der Waals surface area contributed by atoms with Crippen molar-refractivity contribution in [3.8, 4) is 0 Å². The Bertz CT molecular complexity index is 116. The third kappa shape index (κ3) is 1.99. The number of ether oxygens (including phenoxy) is 1. The highest BCUT2D eigenvalue weighted by atomic mass is 16.5. The van der Waals surface area contributed by atoms with Gasteiger partial charge in [-0.2, -0.15) is 0 Å². The molecule has 1 aliphatic rings. The van der Waals surface area contributed by atoms with E-state index in [0.29, 0.717) is 12.5 Å². The van der Waals surface area contributed by atoms with Crippen molar-refractivity contribution < 1.29 is 9.53 Å². The van der Waals surface area contributed by atoms with E-state index >= 15 is 0 Å². The molecule has 3 heteroatoms. The van der Waals surface area contributed by atoms with Crippen LogP contribution in [0.1, 0.15) is 19.8 Å². The fourth-order valence-corrected chi connectivity index (χ4v) is 1.29.